The molecule has 0 aliphatic carbocycles. The maximum Gasteiger partial charge on any atom is 0.224 e. The van der Waals surface area contributed by atoms with Gasteiger partial charge in [0.05, 0.1) is 20.6 Å². The average Bonchev–Trinajstić information content (AvgIpc) is 2.73. The molecule has 150 valence electrons. The van der Waals surface area contributed by atoms with E-state index in [9.17, 15) is 9.18 Å². The predicted molar refractivity (Wildman–Crippen MR) is 106 cm³/mol. The van der Waals surface area contributed by atoms with Crippen LogP contribution in [0.1, 0.15) is 11.1 Å². The number of nitrogens with zero attached hydrogens (tertiary/aromatic N) is 1. The number of carbonyl (C=O) groups is 1. The van der Waals surface area contributed by atoms with Crippen molar-refractivity contribution in [3.05, 3.63) is 77.7 Å². The molecular weight excluding hydrogens is 375 g/mol. The lowest BCUT2D eigenvalue weighted by Gasteiger charge is -2.12. The van der Waals surface area contributed by atoms with Gasteiger partial charge in [-0.05, 0) is 35.9 Å². The van der Waals surface area contributed by atoms with Crippen molar-refractivity contribution in [1.29, 1.82) is 0 Å². The summed E-state index contributed by atoms with van der Waals surface area (Å²) < 4.78 is 29.5. The molecule has 0 radical (unpaired) electrons. The number of nitrogens with one attached hydrogen (secondary N) is 1. The molecule has 0 unspecified atom stereocenters. The van der Waals surface area contributed by atoms with Crippen molar-refractivity contribution in [2.24, 2.45) is 0 Å². The number of ether oxygens (including phenoxy) is 3. The lowest BCUT2D eigenvalue weighted by molar-refractivity contribution is -0.120. The van der Waals surface area contributed by atoms with E-state index in [0.29, 0.717) is 28.7 Å². The highest BCUT2D eigenvalue weighted by Gasteiger charge is 2.11. The molecule has 0 bridgehead atoms. The van der Waals surface area contributed by atoms with E-state index >= 15 is 0 Å². The number of pyridine rings is 1. The molecule has 0 aliphatic rings. The molecule has 1 aromatic heterocycles. The Morgan fingerprint density at radius 1 is 1.03 bits per heavy atom. The van der Waals surface area contributed by atoms with Gasteiger partial charge in [-0.1, -0.05) is 18.2 Å². The Kier molecular flexibility index (Phi) is 6.63. The van der Waals surface area contributed by atoms with Crippen molar-refractivity contribution in [2.45, 2.75) is 13.0 Å². The first-order chi connectivity index (χ1) is 14.1. The first-order valence-electron chi connectivity index (χ1n) is 8.94. The van der Waals surface area contributed by atoms with Crippen molar-refractivity contribution in [1.82, 2.24) is 10.3 Å². The Hall–Kier alpha value is -3.61. The summed E-state index contributed by atoms with van der Waals surface area (Å²) in [6.07, 6.45) is 1.75. The van der Waals surface area contributed by atoms with Crippen molar-refractivity contribution < 1.29 is 23.4 Å². The number of hydrogen-bond acceptors (Lipinski definition) is 5. The van der Waals surface area contributed by atoms with Crippen LogP contribution in [0.2, 0.25) is 0 Å². The van der Waals surface area contributed by atoms with Gasteiger partial charge in [-0.2, -0.15) is 0 Å². The zero-order valence-corrected chi connectivity index (χ0v) is 16.1. The summed E-state index contributed by atoms with van der Waals surface area (Å²) in [6.45, 7) is 0.227. The number of halogens is 1. The highest BCUT2D eigenvalue weighted by Crippen LogP contribution is 2.28. The van der Waals surface area contributed by atoms with E-state index in [1.165, 1.54) is 12.1 Å². The quantitative estimate of drug-likeness (QED) is 0.626. The predicted octanol–water partition coefficient (Wildman–Crippen LogP) is 3.89. The topological polar surface area (TPSA) is 69.7 Å². The number of aromatic nitrogens is 1. The zero-order chi connectivity index (χ0) is 20.6. The van der Waals surface area contributed by atoms with E-state index in [1.807, 2.05) is 6.07 Å². The van der Waals surface area contributed by atoms with Crippen LogP contribution < -0.4 is 19.5 Å². The molecule has 2 aromatic carbocycles. The lowest BCUT2D eigenvalue weighted by Crippen LogP contribution is -2.24. The number of methoxy groups -OCH3 is 2. The van der Waals surface area contributed by atoms with Crippen molar-refractivity contribution in [2.75, 3.05) is 14.2 Å². The zero-order valence-electron chi connectivity index (χ0n) is 16.1. The summed E-state index contributed by atoms with van der Waals surface area (Å²) in [5.41, 5.74) is 1.47. The fourth-order valence-electron chi connectivity index (χ4n) is 2.72. The fourth-order valence-corrected chi connectivity index (χ4v) is 2.72. The Balaban J connectivity index is 1.63. The van der Waals surface area contributed by atoms with Crippen LogP contribution in [-0.4, -0.2) is 25.1 Å². The number of amides is 1. The van der Waals surface area contributed by atoms with Gasteiger partial charge in [0.2, 0.25) is 11.8 Å². The first kappa shape index (κ1) is 20.1. The largest absolute Gasteiger partial charge is 0.493 e. The highest BCUT2D eigenvalue weighted by molar-refractivity contribution is 5.78. The molecule has 29 heavy (non-hydrogen) atoms. The molecule has 1 amide bonds. The van der Waals surface area contributed by atoms with Crippen LogP contribution in [0.4, 0.5) is 4.39 Å². The molecule has 6 nitrogen and oxygen atoms in total. The third kappa shape index (κ3) is 5.44. The molecule has 0 fully saturated rings. The second kappa shape index (κ2) is 9.54. The van der Waals surface area contributed by atoms with E-state index < -0.39 is 5.82 Å². The molecule has 3 rings (SSSR count). The molecular formula is C22H21FN2O4. The van der Waals surface area contributed by atoms with Crippen LogP contribution in [0.5, 0.6) is 23.1 Å². The van der Waals surface area contributed by atoms with Crippen LogP contribution in [0, 0.1) is 5.82 Å². The van der Waals surface area contributed by atoms with Gasteiger partial charge in [0, 0.05) is 24.4 Å². The Bertz CT molecular complexity index is 994. The normalized spacial score (nSPS) is 10.3. The minimum atomic E-state index is -0.400. The van der Waals surface area contributed by atoms with Gasteiger partial charge in [0.25, 0.3) is 0 Å². The monoisotopic (exact) mass is 396 g/mol. The summed E-state index contributed by atoms with van der Waals surface area (Å²) in [5.74, 6) is 1.24. The van der Waals surface area contributed by atoms with Crippen LogP contribution >= 0.6 is 0 Å². The van der Waals surface area contributed by atoms with Crippen LogP contribution in [0.15, 0.2) is 60.8 Å². The third-order valence-electron chi connectivity index (χ3n) is 4.15. The fraction of sp³-hybridized carbons (Fsp3) is 0.182. The molecule has 0 spiro atoms. The van der Waals surface area contributed by atoms with Gasteiger partial charge >= 0.3 is 0 Å². The van der Waals surface area contributed by atoms with Gasteiger partial charge < -0.3 is 19.5 Å². The Morgan fingerprint density at radius 2 is 1.86 bits per heavy atom. The molecule has 0 saturated carbocycles. The molecule has 3 aromatic rings. The van der Waals surface area contributed by atoms with Gasteiger partial charge in [0.15, 0.2) is 11.5 Å². The van der Waals surface area contributed by atoms with E-state index in [1.54, 1.807) is 56.8 Å². The molecule has 0 aliphatic heterocycles. The summed E-state index contributed by atoms with van der Waals surface area (Å²) in [4.78, 5) is 16.5. The standard InChI is InChI=1S/C22H21FN2O4/c1-27-19-9-8-15(11-20(19)28-2)12-21(26)25-14-16-5-4-10-24-22(16)29-18-7-3-6-17(23)13-18/h3-11,13H,12,14H2,1-2H3,(H,25,26). The first-order valence-corrected chi connectivity index (χ1v) is 8.94. The summed E-state index contributed by atoms with van der Waals surface area (Å²) >= 11 is 0. The molecule has 1 heterocycles. The van der Waals surface area contributed by atoms with Gasteiger partial charge in [-0.25, -0.2) is 9.37 Å². The summed E-state index contributed by atoms with van der Waals surface area (Å²) in [7, 11) is 3.10. The maximum absolute atomic E-state index is 13.4. The van der Waals surface area contributed by atoms with E-state index in [-0.39, 0.29) is 18.9 Å². The molecule has 0 saturated heterocycles. The van der Waals surface area contributed by atoms with Gasteiger partial charge in [0.1, 0.15) is 11.6 Å². The highest BCUT2D eigenvalue weighted by atomic mass is 19.1. The number of carbonyl (C=O) groups excluding carboxylic acids is 1. The maximum atomic E-state index is 13.4. The second-order valence-corrected chi connectivity index (χ2v) is 6.17. The minimum absolute atomic E-state index is 0.169. The smallest absolute Gasteiger partial charge is 0.224 e. The molecule has 1 N–H and O–H groups in total. The van der Waals surface area contributed by atoms with Crippen LogP contribution in [0.25, 0.3) is 0 Å². The van der Waals surface area contributed by atoms with Gasteiger partial charge in [-0.15, -0.1) is 0 Å². The summed E-state index contributed by atoms with van der Waals surface area (Å²) in [5, 5.41) is 2.85. The van der Waals surface area contributed by atoms with Crippen LogP contribution in [-0.2, 0) is 17.8 Å². The molecule has 0 atom stereocenters. The third-order valence-corrected chi connectivity index (χ3v) is 4.15. The van der Waals surface area contributed by atoms with E-state index in [0.717, 1.165) is 5.56 Å². The van der Waals surface area contributed by atoms with Gasteiger partial charge in [-0.3, -0.25) is 4.79 Å². The van der Waals surface area contributed by atoms with E-state index in [4.69, 9.17) is 14.2 Å². The van der Waals surface area contributed by atoms with E-state index in [2.05, 4.69) is 10.3 Å². The number of benzene rings is 2. The van der Waals surface area contributed by atoms with Crippen LogP contribution in [0.3, 0.4) is 0 Å². The lowest BCUT2D eigenvalue weighted by atomic mass is 10.1. The Morgan fingerprint density at radius 3 is 2.62 bits per heavy atom. The van der Waals surface area contributed by atoms with Crippen molar-refractivity contribution in [3.63, 3.8) is 0 Å². The van der Waals surface area contributed by atoms with Crippen molar-refractivity contribution >= 4 is 5.91 Å². The minimum Gasteiger partial charge on any atom is -0.493 e. The SMILES string of the molecule is COc1ccc(CC(=O)NCc2cccnc2Oc2cccc(F)c2)cc1OC. The average molecular weight is 396 g/mol. The Labute approximate surface area is 168 Å². The summed E-state index contributed by atoms with van der Waals surface area (Å²) in [6, 6.07) is 14.7. The second-order valence-electron chi connectivity index (χ2n) is 6.17. The molecule has 7 heteroatoms. The number of hydrogen-bond donors (Lipinski definition) is 1. The van der Waals surface area contributed by atoms with Crippen molar-refractivity contribution in [3.8, 4) is 23.1 Å². The number of rotatable bonds is 8.